The van der Waals surface area contributed by atoms with Crippen molar-refractivity contribution in [3.8, 4) is 0 Å². The van der Waals surface area contributed by atoms with E-state index < -0.39 is 0 Å². The number of rotatable bonds is 4. The molecule has 5 heteroatoms. The van der Waals surface area contributed by atoms with Crippen LogP contribution in [-0.4, -0.2) is 67.0 Å². The largest absolute Gasteiger partial charge is 0.356 e. The number of hydrogen-bond donors (Lipinski definition) is 0. The minimum atomic E-state index is 0.112. The Balaban J connectivity index is 1.34. The van der Waals surface area contributed by atoms with Crippen LogP contribution in [0.15, 0.2) is 24.4 Å². The average molecular weight is 371 g/mol. The number of carbonyl (C=O) groups excluding carboxylic acids is 1. The zero-order valence-electron chi connectivity index (χ0n) is 17.1. The van der Waals surface area contributed by atoms with Crippen LogP contribution < -0.4 is 4.90 Å². The van der Waals surface area contributed by atoms with Crippen LogP contribution in [0.1, 0.15) is 38.5 Å². The van der Waals surface area contributed by atoms with Crippen molar-refractivity contribution in [2.24, 2.45) is 17.8 Å². The van der Waals surface area contributed by atoms with Gasteiger partial charge in [-0.3, -0.25) is 4.79 Å². The van der Waals surface area contributed by atoms with E-state index in [-0.39, 0.29) is 5.92 Å². The van der Waals surface area contributed by atoms with Crippen molar-refractivity contribution in [3.63, 3.8) is 0 Å². The molecule has 2 saturated carbocycles. The molecule has 27 heavy (non-hydrogen) atoms. The Morgan fingerprint density at radius 3 is 2.41 bits per heavy atom. The highest BCUT2D eigenvalue weighted by Crippen LogP contribution is 2.46. The fourth-order valence-corrected chi connectivity index (χ4v) is 5.69. The zero-order chi connectivity index (χ0) is 19.0. The summed E-state index contributed by atoms with van der Waals surface area (Å²) in [6.45, 7) is 1.81. The van der Waals surface area contributed by atoms with Crippen molar-refractivity contribution in [3.05, 3.63) is 24.4 Å². The molecular weight excluding hydrogens is 336 g/mol. The first-order chi connectivity index (χ1) is 13.0. The number of nitrogens with zero attached hydrogens (tertiary/aromatic N) is 4. The smallest absolute Gasteiger partial charge is 0.227 e. The number of fused-ring (bicyclic) bond motifs is 1. The molecule has 2 heterocycles. The lowest BCUT2D eigenvalue weighted by Crippen LogP contribution is -2.46. The maximum Gasteiger partial charge on any atom is 0.227 e. The molecule has 3 unspecified atom stereocenters. The maximum atomic E-state index is 13.2. The molecule has 1 amide bonds. The van der Waals surface area contributed by atoms with Crippen LogP contribution in [0.4, 0.5) is 5.82 Å². The standard InChI is InChI=1S/C22H34N4O/c1-24(2)19-11-17-13-20(14-18(17)12-19)25(3)22(27)16-7-6-10-26(15-16)21-8-4-5-9-23-21/h4-5,8-9,16-20H,6-7,10-15H2,1-3H3/t16?,17-,18+,19?,20?. The normalized spacial score (nSPS) is 33.3. The number of anilines is 1. The third kappa shape index (κ3) is 3.84. The second-order valence-electron chi connectivity index (χ2n) is 9.16. The third-order valence-corrected chi connectivity index (χ3v) is 7.34. The molecular formula is C22H34N4O. The van der Waals surface area contributed by atoms with Crippen LogP contribution in [-0.2, 0) is 4.79 Å². The molecule has 3 fully saturated rings. The molecule has 5 atom stereocenters. The number of carbonyl (C=O) groups is 1. The van der Waals surface area contributed by atoms with Crippen molar-refractivity contribution in [1.29, 1.82) is 0 Å². The maximum absolute atomic E-state index is 13.2. The summed E-state index contributed by atoms with van der Waals surface area (Å²) < 4.78 is 0. The van der Waals surface area contributed by atoms with Crippen LogP contribution in [0.5, 0.6) is 0 Å². The second-order valence-corrected chi connectivity index (χ2v) is 9.16. The fourth-order valence-electron chi connectivity index (χ4n) is 5.69. The quantitative estimate of drug-likeness (QED) is 0.817. The molecule has 148 valence electrons. The molecule has 2 aliphatic carbocycles. The first-order valence-corrected chi connectivity index (χ1v) is 10.6. The highest BCUT2D eigenvalue weighted by molar-refractivity contribution is 5.80. The Labute approximate surface area is 163 Å². The van der Waals surface area contributed by atoms with Gasteiger partial charge in [0.15, 0.2) is 0 Å². The average Bonchev–Trinajstić information content (AvgIpc) is 3.27. The molecule has 1 saturated heterocycles. The first kappa shape index (κ1) is 18.7. The Bertz CT molecular complexity index is 635. The molecule has 0 N–H and O–H groups in total. The van der Waals surface area contributed by atoms with Crippen LogP contribution in [0, 0.1) is 17.8 Å². The van der Waals surface area contributed by atoms with E-state index in [1.807, 2.05) is 18.3 Å². The minimum absolute atomic E-state index is 0.112. The predicted molar refractivity (Wildman–Crippen MR) is 109 cm³/mol. The minimum Gasteiger partial charge on any atom is -0.356 e. The Hall–Kier alpha value is -1.62. The van der Waals surface area contributed by atoms with Gasteiger partial charge in [-0.25, -0.2) is 4.98 Å². The van der Waals surface area contributed by atoms with Crippen molar-refractivity contribution < 1.29 is 4.79 Å². The highest BCUT2D eigenvalue weighted by atomic mass is 16.2. The molecule has 0 aromatic carbocycles. The molecule has 3 aliphatic rings. The van der Waals surface area contributed by atoms with Crippen molar-refractivity contribution >= 4 is 11.7 Å². The van der Waals surface area contributed by atoms with Gasteiger partial charge in [0, 0.05) is 38.4 Å². The fraction of sp³-hybridized carbons (Fsp3) is 0.727. The molecule has 1 aromatic heterocycles. The van der Waals surface area contributed by atoms with Gasteiger partial charge >= 0.3 is 0 Å². The molecule has 1 aromatic rings. The van der Waals surface area contributed by atoms with Crippen molar-refractivity contribution in [1.82, 2.24) is 14.8 Å². The number of aromatic nitrogens is 1. The van der Waals surface area contributed by atoms with Gasteiger partial charge in [-0.15, -0.1) is 0 Å². The lowest BCUT2D eigenvalue weighted by Gasteiger charge is -2.36. The molecule has 0 bridgehead atoms. The van der Waals surface area contributed by atoms with E-state index in [0.717, 1.165) is 49.6 Å². The van der Waals surface area contributed by atoms with Crippen molar-refractivity contribution in [2.45, 2.75) is 50.6 Å². The Kier molecular flexibility index (Phi) is 5.40. The molecule has 1 aliphatic heterocycles. The van der Waals surface area contributed by atoms with Gasteiger partial charge in [0.2, 0.25) is 5.91 Å². The van der Waals surface area contributed by atoms with Crippen LogP contribution in [0.3, 0.4) is 0 Å². The van der Waals surface area contributed by atoms with E-state index >= 15 is 0 Å². The summed E-state index contributed by atoms with van der Waals surface area (Å²) in [5, 5.41) is 0. The van der Waals surface area contributed by atoms with E-state index in [9.17, 15) is 4.79 Å². The van der Waals surface area contributed by atoms with Crippen LogP contribution in [0.2, 0.25) is 0 Å². The summed E-state index contributed by atoms with van der Waals surface area (Å²) in [5.74, 6) is 3.09. The molecule has 4 rings (SSSR count). The van der Waals surface area contributed by atoms with E-state index in [1.165, 1.54) is 25.7 Å². The Morgan fingerprint density at radius 2 is 1.78 bits per heavy atom. The topological polar surface area (TPSA) is 39.7 Å². The number of hydrogen-bond acceptors (Lipinski definition) is 4. The van der Waals surface area contributed by atoms with Crippen LogP contribution >= 0.6 is 0 Å². The highest BCUT2D eigenvalue weighted by Gasteiger charge is 2.44. The Morgan fingerprint density at radius 1 is 1.07 bits per heavy atom. The molecule has 0 radical (unpaired) electrons. The van der Waals surface area contributed by atoms with Crippen LogP contribution in [0.25, 0.3) is 0 Å². The second kappa shape index (κ2) is 7.78. The summed E-state index contributed by atoms with van der Waals surface area (Å²) >= 11 is 0. The van der Waals surface area contributed by atoms with Gasteiger partial charge in [0.05, 0.1) is 5.92 Å². The SMILES string of the molecule is CN(C)C1C[C@@H]2CC(N(C)C(=O)C3CCCN(c4ccccn4)C3)C[C@@H]2C1. The van der Waals surface area contributed by atoms with Crippen molar-refractivity contribution in [2.75, 3.05) is 39.1 Å². The number of amides is 1. The zero-order valence-corrected chi connectivity index (χ0v) is 17.1. The third-order valence-electron chi connectivity index (χ3n) is 7.34. The first-order valence-electron chi connectivity index (χ1n) is 10.6. The van der Waals surface area contributed by atoms with Gasteiger partial charge in [0.25, 0.3) is 0 Å². The summed E-state index contributed by atoms with van der Waals surface area (Å²) in [7, 11) is 6.46. The van der Waals surface area contributed by atoms with Gasteiger partial charge in [0.1, 0.15) is 5.82 Å². The number of piperidine rings is 1. The van der Waals surface area contributed by atoms with Gasteiger partial charge in [-0.1, -0.05) is 6.07 Å². The monoisotopic (exact) mass is 370 g/mol. The molecule has 0 spiro atoms. The summed E-state index contributed by atoms with van der Waals surface area (Å²) in [4.78, 5) is 24.5. The lowest BCUT2D eigenvalue weighted by molar-refractivity contribution is -0.136. The summed E-state index contributed by atoms with van der Waals surface area (Å²) in [5.41, 5.74) is 0. The van der Waals surface area contributed by atoms with Gasteiger partial charge < -0.3 is 14.7 Å². The lowest BCUT2D eigenvalue weighted by atomic mass is 9.95. The predicted octanol–water partition coefficient (Wildman–Crippen LogP) is 2.88. The summed E-state index contributed by atoms with van der Waals surface area (Å²) in [6, 6.07) is 7.21. The molecule has 5 nitrogen and oxygen atoms in total. The van der Waals surface area contributed by atoms with E-state index in [4.69, 9.17) is 0 Å². The van der Waals surface area contributed by atoms with Gasteiger partial charge in [-0.05, 0) is 76.6 Å². The summed E-state index contributed by atoms with van der Waals surface area (Å²) in [6.07, 6.45) is 8.95. The van der Waals surface area contributed by atoms with E-state index in [1.54, 1.807) is 0 Å². The van der Waals surface area contributed by atoms with Gasteiger partial charge in [-0.2, -0.15) is 0 Å². The number of pyridine rings is 1. The van der Waals surface area contributed by atoms with E-state index in [0.29, 0.717) is 11.9 Å². The van der Waals surface area contributed by atoms with E-state index in [2.05, 4.69) is 46.9 Å².